The molecule has 22 heavy (non-hydrogen) atoms. The maximum Gasteiger partial charge on any atom is 0.303 e. The molecule has 0 spiro atoms. The third kappa shape index (κ3) is 3.78. The zero-order chi connectivity index (χ0) is 16.3. The minimum Gasteiger partial charge on any atom is -0.507 e. The van der Waals surface area contributed by atoms with Crippen molar-refractivity contribution in [2.45, 2.75) is 57.9 Å². The number of aliphatic carboxylic acids is 1. The van der Waals surface area contributed by atoms with Gasteiger partial charge in [0.1, 0.15) is 5.75 Å². The first-order valence-electron chi connectivity index (χ1n) is 7.68. The number of benzene rings is 1. The number of amides is 1. The van der Waals surface area contributed by atoms with E-state index in [9.17, 15) is 14.7 Å². The summed E-state index contributed by atoms with van der Waals surface area (Å²) in [4.78, 5) is 23.1. The Kier molecular flexibility index (Phi) is 4.74. The van der Waals surface area contributed by atoms with E-state index in [0.717, 1.165) is 36.8 Å². The quantitative estimate of drug-likeness (QED) is 0.780. The molecule has 0 bridgehead atoms. The molecule has 1 aromatic rings. The van der Waals surface area contributed by atoms with Crippen molar-refractivity contribution in [2.75, 3.05) is 0 Å². The fraction of sp³-hybridized carbons (Fsp3) is 0.529. The van der Waals surface area contributed by atoms with Crippen molar-refractivity contribution in [1.29, 1.82) is 0 Å². The molecule has 1 aliphatic rings. The summed E-state index contributed by atoms with van der Waals surface area (Å²) in [6.45, 7) is 3.56. The molecule has 5 nitrogen and oxygen atoms in total. The minimum atomic E-state index is -0.890. The summed E-state index contributed by atoms with van der Waals surface area (Å²) in [5.74, 6) is -1.18. The van der Waals surface area contributed by atoms with Crippen LogP contribution in [0, 0.1) is 0 Å². The van der Waals surface area contributed by atoms with E-state index in [0.29, 0.717) is 6.42 Å². The second-order valence-electron chi connectivity index (χ2n) is 6.54. The average molecular weight is 305 g/mol. The van der Waals surface area contributed by atoms with Crippen LogP contribution in [0.5, 0.6) is 5.75 Å². The Morgan fingerprint density at radius 1 is 1.23 bits per heavy atom. The average Bonchev–Trinajstić information content (AvgIpc) is 2.45. The first-order valence-corrected chi connectivity index (χ1v) is 7.68. The SMILES string of the molecule is CC(C)(CCC(=O)O)NC(=O)c1ccc2c(c1O)CCCC2. The molecular weight excluding hydrogens is 282 g/mol. The number of fused-ring (bicyclic) bond motifs is 1. The van der Waals surface area contributed by atoms with Gasteiger partial charge in [-0.15, -0.1) is 0 Å². The molecule has 5 heteroatoms. The van der Waals surface area contributed by atoms with Gasteiger partial charge in [0, 0.05) is 12.0 Å². The molecule has 1 amide bonds. The fourth-order valence-corrected chi connectivity index (χ4v) is 2.85. The zero-order valence-electron chi connectivity index (χ0n) is 13.1. The molecule has 0 heterocycles. The zero-order valence-corrected chi connectivity index (χ0v) is 13.1. The second kappa shape index (κ2) is 6.38. The molecule has 1 aliphatic carbocycles. The van der Waals surface area contributed by atoms with Crippen molar-refractivity contribution in [3.8, 4) is 5.75 Å². The number of carboxylic acids is 1. The number of carboxylic acid groups (broad SMARTS) is 1. The maximum absolute atomic E-state index is 12.4. The van der Waals surface area contributed by atoms with Crippen LogP contribution in [0.2, 0.25) is 0 Å². The monoisotopic (exact) mass is 305 g/mol. The van der Waals surface area contributed by atoms with Crippen molar-refractivity contribution >= 4 is 11.9 Å². The van der Waals surface area contributed by atoms with Gasteiger partial charge in [0.25, 0.3) is 5.91 Å². The standard InChI is InChI=1S/C17H23NO4/c1-17(2,10-9-14(19)20)18-16(22)13-8-7-11-5-3-4-6-12(11)15(13)21/h7-8,21H,3-6,9-10H2,1-2H3,(H,18,22)(H,19,20). The smallest absolute Gasteiger partial charge is 0.303 e. The summed E-state index contributed by atoms with van der Waals surface area (Å²) in [6, 6.07) is 3.56. The summed E-state index contributed by atoms with van der Waals surface area (Å²) in [5, 5.41) is 21.9. The third-order valence-electron chi connectivity index (χ3n) is 4.16. The highest BCUT2D eigenvalue weighted by Gasteiger charge is 2.25. The van der Waals surface area contributed by atoms with Gasteiger partial charge in [-0.05, 0) is 63.1 Å². The van der Waals surface area contributed by atoms with E-state index < -0.39 is 11.5 Å². The summed E-state index contributed by atoms with van der Waals surface area (Å²) in [7, 11) is 0. The predicted octanol–water partition coefficient (Wildman–Crippen LogP) is 2.64. The molecule has 1 aromatic carbocycles. The van der Waals surface area contributed by atoms with Gasteiger partial charge in [0.05, 0.1) is 5.56 Å². The Bertz CT molecular complexity index is 593. The number of nitrogens with one attached hydrogen (secondary N) is 1. The van der Waals surface area contributed by atoms with Crippen molar-refractivity contribution in [3.63, 3.8) is 0 Å². The topological polar surface area (TPSA) is 86.6 Å². The molecule has 0 atom stereocenters. The number of carbonyl (C=O) groups excluding carboxylic acids is 1. The molecule has 0 saturated heterocycles. The molecule has 120 valence electrons. The van der Waals surface area contributed by atoms with Crippen molar-refractivity contribution in [1.82, 2.24) is 5.32 Å². The van der Waals surface area contributed by atoms with Crippen LogP contribution in [0.15, 0.2) is 12.1 Å². The Labute approximate surface area is 130 Å². The highest BCUT2D eigenvalue weighted by molar-refractivity contribution is 5.97. The Morgan fingerprint density at radius 2 is 1.91 bits per heavy atom. The molecular formula is C17H23NO4. The second-order valence-corrected chi connectivity index (χ2v) is 6.54. The highest BCUT2D eigenvalue weighted by Crippen LogP contribution is 2.32. The fourth-order valence-electron chi connectivity index (χ4n) is 2.85. The van der Waals surface area contributed by atoms with E-state index in [1.54, 1.807) is 19.9 Å². The molecule has 0 radical (unpaired) electrons. The third-order valence-corrected chi connectivity index (χ3v) is 4.16. The van der Waals surface area contributed by atoms with Crippen molar-refractivity contribution < 1.29 is 19.8 Å². The number of phenols is 1. The lowest BCUT2D eigenvalue weighted by atomic mass is 9.89. The lowest BCUT2D eigenvalue weighted by molar-refractivity contribution is -0.137. The number of phenolic OH excluding ortho intramolecular Hbond substituents is 1. The van der Waals surface area contributed by atoms with Crippen molar-refractivity contribution in [3.05, 3.63) is 28.8 Å². The highest BCUT2D eigenvalue weighted by atomic mass is 16.4. The molecule has 0 aliphatic heterocycles. The normalized spacial score (nSPS) is 14.3. The van der Waals surface area contributed by atoms with Crippen LogP contribution < -0.4 is 5.32 Å². The summed E-state index contributed by atoms with van der Waals surface area (Å²) >= 11 is 0. The number of aromatic hydroxyl groups is 1. The Balaban J connectivity index is 2.14. The van der Waals surface area contributed by atoms with Gasteiger partial charge in [-0.3, -0.25) is 9.59 Å². The molecule has 0 unspecified atom stereocenters. The first kappa shape index (κ1) is 16.3. The lowest BCUT2D eigenvalue weighted by Crippen LogP contribution is -2.43. The number of aryl methyl sites for hydroxylation is 1. The van der Waals surface area contributed by atoms with Gasteiger partial charge in [0.2, 0.25) is 0 Å². The van der Waals surface area contributed by atoms with E-state index in [1.165, 1.54) is 0 Å². The summed E-state index contributed by atoms with van der Waals surface area (Å²) < 4.78 is 0. The van der Waals surface area contributed by atoms with E-state index >= 15 is 0 Å². The van der Waals surface area contributed by atoms with Gasteiger partial charge in [-0.25, -0.2) is 0 Å². The number of hydrogen-bond donors (Lipinski definition) is 3. The number of rotatable bonds is 5. The van der Waals surface area contributed by atoms with E-state index in [1.807, 2.05) is 6.07 Å². The minimum absolute atomic E-state index is 0.0105. The molecule has 0 fully saturated rings. The number of carbonyl (C=O) groups is 2. The first-order chi connectivity index (χ1) is 10.3. The largest absolute Gasteiger partial charge is 0.507 e. The summed E-state index contributed by atoms with van der Waals surface area (Å²) in [6.07, 6.45) is 4.19. The van der Waals surface area contributed by atoms with Gasteiger partial charge in [-0.2, -0.15) is 0 Å². The van der Waals surface area contributed by atoms with Crippen LogP contribution in [-0.4, -0.2) is 27.6 Å². The Hall–Kier alpha value is -2.04. The van der Waals surface area contributed by atoms with Crippen LogP contribution >= 0.6 is 0 Å². The van der Waals surface area contributed by atoms with Crippen LogP contribution in [0.25, 0.3) is 0 Å². The molecule has 2 rings (SSSR count). The molecule has 0 saturated carbocycles. The van der Waals surface area contributed by atoms with Crippen LogP contribution in [0.3, 0.4) is 0 Å². The van der Waals surface area contributed by atoms with Crippen LogP contribution in [0.4, 0.5) is 0 Å². The Morgan fingerprint density at radius 3 is 2.59 bits per heavy atom. The predicted molar refractivity (Wildman–Crippen MR) is 83.2 cm³/mol. The van der Waals surface area contributed by atoms with Gasteiger partial charge < -0.3 is 15.5 Å². The van der Waals surface area contributed by atoms with Gasteiger partial charge in [0.15, 0.2) is 0 Å². The molecule has 0 aromatic heterocycles. The van der Waals surface area contributed by atoms with Crippen LogP contribution in [-0.2, 0) is 17.6 Å². The molecule has 3 N–H and O–H groups in total. The van der Waals surface area contributed by atoms with Gasteiger partial charge >= 0.3 is 5.97 Å². The maximum atomic E-state index is 12.4. The van der Waals surface area contributed by atoms with Gasteiger partial charge in [-0.1, -0.05) is 6.07 Å². The lowest BCUT2D eigenvalue weighted by Gasteiger charge is -2.26. The number of hydrogen-bond acceptors (Lipinski definition) is 3. The van der Waals surface area contributed by atoms with E-state index in [4.69, 9.17) is 5.11 Å². The van der Waals surface area contributed by atoms with E-state index in [-0.39, 0.29) is 23.6 Å². The van der Waals surface area contributed by atoms with Crippen molar-refractivity contribution in [2.24, 2.45) is 0 Å². The van der Waals surface area contributed by atoms with Crippen LogP contribution in [0.1, 0.15) is 61.0 Å². The summed E-state index contributed by atoms with van der Waals surface area (Å²) in [5.41, 5.74) is 1.62. The van der Waals surface area contributed by atoms with E-state index in [2.05, 4.69) is 5.32 Å².